The zero-order chi connectivity index (χ0) is 18.7. The van der Waals surface area contributed by atoms with Crippen LogP contribution in [0.25, 0.3) is 0 Å². The van der Waals surface area contributed by atoms with Crippen LogP contribution in [0.4, 0.5) is 0 Å². The van der Waals surface area contributed by atoms with Gasteiger partial charge in [0.05, 0.1) is 7.11 Å². The number of aryl methyl sites for hydroxylation is 1. The van der Waals surface area contributed by atoms with Crippen LogP contribution in [-0.4, -0.2) is 34.9 Å². The summed E-state index contributed by atoms with van der Waals surface area (Å²) in [5.74, 6) is 0.170. The number of H-pyrrole nitrogens is 1. The minimum absolute atomic E-state index is 0.184. The predicted octanol–water partition coefficient (Wildman–Crippen LogP) is 4.27. The van der Waals surface area contributed by atoms with Crippen LogP contribution >= 0.6 is 0 Å². The highest BCUT2D eigenvalue weighted by Gasteiger charge is 2.33. The Balaban J connectivity index is 1.85. The molecule has 2 fully saturated rings. The molecule has 0 unspecified atom stereocenters. The van der Waals surface area contributed by atoms with Crippen LogP contribution in [0.5, 0.6) is 0 Å². The predicted molar refractivity (Wildman–Crippen MR) is 101 cm³/mol. The quantitative estimate of drug-likeness (QED) is 0.798. The number of hydrogen-bond donors (Lipinski definition) is 1. The van der Waals surface area contributed by atoms with Crippen molar-refractivity contribution in [3.05, 3.63) is 22.5 Å². The largest absolute Gasteiger partial charge is 0.464 e. The molecule has 1 aromatic rings. The SMILES string of the molecule is COC(=O)c1[nH]c(C)c(CN(C(=O)C2CCCCC2)C2CCCC2)c1C. The van der Waals surface area contributed by atoms with Crippen LogP contribution in [0.3, 0.4) is 0 Å². The first-order chi connectivity index (χ1) is 12.5. The lowest BCUT2D eigenvalue weighted by Crippen LogP contribution is -2.42. The molecule has 2 aliphatic rings. The van der Waals surface area contributed by atoms with Crippen molar-refractivity contribution in [3.63, 3.8) is 0 Å². The molecule has 0 saturated heterocycles. The fraction of sp³-hybridized carbons (Fsp3) is 0.714. The molecule has 0 spiro atoms. The number of esters is 1. The second-order valence-corrected chi connectivity index (χ2v) is 7.96. The molecular weight excluding hydrogens is 328 g/mol. The maximum atomic E-state index is 13.3. The maximum absolute atomic E-state index is 13.3. The number of carbonyl (C=O) groups is 2. The maximum Gasteiger partial charge on any atom is 0.354 e. The first-order valence-corrected chi connectivity index (χ1v) is 10.1. The summed E-state index contributed by atoms with van der Waals surface area (Å²) in [5, 5.41) is 0. The van der Waals surface area contributed by atoms with Crippen molar-refractivity contribution in [2.24, 2.45) is 5.92 Å². The molecule has 5 heteroatoms. The van der Waals surface area contributed by atoms with Gasteiger partial charge in [0.1, 0.15) is 5.69 Å². The Hall–Kier alpha value is -1.78. The normalized spacial score (nSPS) is 18.9. The summed E-state index contributed by atoms with van der Waals surface area (Å²) in [4.78, 5) is 30.6. The summed E-state index contributed by atoms with van der Waals surface area (Å²) in [6.07, 6.45) is 10.3. The van der Waals surface area contributed by atoms with Crippen molar-refractivity contribution in [1.29, 1.82) is 0 Å². The molecule has 0 radical (unpaired) electrons. The fourth-order valence-corrected chi connectivity index (χ4v) is 4.69. The van der Waals surface area contributed by atoms with Crippen LogP contribution in [0.15, 0.2) is 0 Å². The summed E-state index contributed by atoms with van der Waals surface area (Å²) in [7, 11) is 1.40. The van der Waals surface area contributed by atoms with E-state index in [1.54, 1.807) is 0 Å². The van der Waals surface area contributed by atoms with Crippen LogP contribution < -0.4 is 0 Å². The third kappa shape index (κ3) is 3.81. The highest BCUT2D eigenvalue weighted by atomic mass is 16.5. The number of methoxy groups -OCH3 is 1. The van der Waals surface area contributed by atoms with E-state index in [0.29, 0.717) is 24.2 Å². The van der Waals surface area contributed by atoms with Crippen molar-refractivity contribution in [2.75, 3.05) is 7.11 Å². The van der Waals surface area contributed by atoms with E-state index in [4.69, 9.17) is 4.74 Å². The summed E-state index contributed by atoms with van der Waals surface area (Å²) >= 11 is 0. The van der Waals surface area contributed by atoms with Crippen molar-refractivity contribution in [2.45, 2.75) is 84.2 Å². The summed E-state index contributed by atoms with van der Waals surface area (Å²) in [5.41, 5.74) is 3.45. The third-order valence-corrected chi connectivity index (χ3v) is 6.31. The Morgan fingerprint density at radius 3 is 2.27 bits per heavy atom. The fourth-order valence-electron chi connectivity index (χ4n) is 4.69. The van der Waals surface area contributed by atoms with E-state index in [1.165, 1.54) is 39.2 Å². The van der Waals surface area contributed by atoms with E-state index < -0.39 is 0 Å². The van der Waals surface area contributed by atoms with E-state index in [0.717, 1.165) is 42.5 Å². The van der Waals surface area contributed by atoms with Gasteiger partial charge in [0, 0.05) is 24.2 Å². The average molecular weight is 360 g/mol. The molecule has 0 aliphatic heterocycles. The van der Waals surface area contributed by atoms with Gasteiger partial charge >= 0.3 is 5.97 Å². The molecule has 0 aromatic carbocycles. The number of aromatic nitrogens is 1. The first kappa shape index (κ1) is 19.0. The van der Waals surface area contributed by atoms with Crippen LogP contribution in [0.2, 0.25) is 0 Å². The van der Waals surface area contributed by atoms with Crippen molar-refractivity contribution in [1.82, 2.24) is 9.88 Å². The Bertz CT molecular complexity index is 652. The number of carbonyl (C=O) groups excluding carboxylic acids is 2. The van der Waals surface area contributed by atoms with Crippen molar-refractivity contribution < 1.29 is 14.3 Å². The summed E-state index contributed by atoms with van der Waals surface area (Å²) in [6.45, 7) is 4.53. The Labute approximate surface area is 156 Å². The Kier molecular flexibility index (Phi) is 6.05. The van der Waals surface area contributed by atoms with Gasteiger partial charge < -0.3 is 14.6 Å². The van der Waals surface area contributed by atoms with E-state index in [-0.39, 0.29) is 11.9 Å². The molecule has 2 saturated carbocycles. The number of ether oxygens (including phenoxy) is 1. The molecule has 1 aromatic heterocycles. The lowest BCUT2D eigenvalue weighted by molar-refractivity contribution is -0.139. The molecule has 1 amide bonds. The van der Waals surface area contributed by atoms with Gasteiger partial charge in [-0.1, -0.05) is 32.1 Å². The summed E-state index contributed by atoms with van der Waals surface area (Å²) < 4.78 is 4.88. The third-order valence-electron chi connectivity index (χ3n) is 6.31. The van der Waals surface area contributed by atoms with E-state index in [9.17, 15) is 9.59 Å². The van der Waals surface area contributed by atoms with E-state index in [1.807, 2.05) is 13.8 Å². The monoisotopic (exact) mass is 360 g/mol. The molecule has 2 aliphatic carbocycles. The highest BCUT2D eigenvalue weighted by molar-refractivity contribution is 5.89. The van der Waals surface area contributed by atoms with Gasteiger partial charge in [-0.05, 0) is 50.7 Å². The van der Waals surface area contributed by atoms with Gasteiger partial charge in [-0.25, -0.2) is 4.79 Å². The van der Waals surface area contributed by atoms with Crippen LogP contribution in [-0.2, 0) is 16.1 Å². The van der Waals surface area contributed by atoms with Gasteiger partial charge in [-0.3, -0.25) is 4.79 Å². The number of aromatic amines is 1. The Morgan fingerprint density at radius 1 is 1.04 bits per heavy atom. The van der Waals surface area contributed by atoms with E-state index >= 15 is 0 Å². The molecule has 26 heavy (non-hydrogen) atoms. The molecule has 144 valence electrons. The van der Waals surface area contributed by atoms with Gasteiger partial charge in [0.25, 0.3) is 0 Å². The van der Waals surface area contributed by atoms with Gasteiger partial charge in [-0.15, -0.1) is 0 Å². The van der Waals surface area contributed by atoms with Gasteiger partial charge in [-0.2, -0.15) is 0 Å². The lowest BCUT2D eigenvalue weighted by atomic mass is 9.87. The number of rotatable bonds is 5. The van der Waals surface area contributed by atoms with E-state index in [2.05, 4.69) is 9.88 Å². The lowest BCUT2D eigenvalue weighted by Gasteiger charge is -2.34. The van der Waals surface area contributed by atoms with Crippen LogP contribution in [0, 0.1) is 19.8 Å². The number of nitrogens with zero attached hydrogens (tertiary/aromatic N) is 1. The number of nitrogens with one attached hydrogen (secondary N) is 1. The minimum Gasteiger partial charge on any atom is -0.464 e. The smallest absolute Gasteiger partial charge is 0.354 e. The molecule has 3 rings (SSSR count). The van der Waals surface area contributed by atoms with Gasteiger partial charge in [0.2, 0.25) is 5.91 Å². The van der Waals surface area contributed by atoms with Gasteiger partial charge in [0.15, 0.2) is 0 Å². The van der Waals surface area contributed by atoms with Crippen molar-refractivity contribution >= 4 is 11.9 Å². The number of hydrogen-bond acceptors (Lipinski definition) is 3. The highest BCUT2D eigenvalue weighted by Crippen LogP contribution is 2.32. The first-order valence-electron chi connectivity index (χ1n) is 10.1. The Morgan fingerprint density at radius 2 is 1.65 bits per heavy atom. The summed E-state index contributed by atoms with van der Waals surface area (Å²) in [6, 6.07) is 0.347. The molecular formula is C21H32N2O3. The molecule has 1 heterocycles. The molecule has 5 nitrogen and oxygen atoms in total. The van der Waals surface area contributed by atoms with Crippen molar-refractivity contribution in [3.8, 4) is 0 Å². The zero-order valence-corrected chi connectivity index (χ0v) is 16.4. The standard InChI is InChI=1S/C21H32N2O3/c1-14-18(15(2)22-19(14)21(25)26-3)13-23(17-11-7-8-12-17)20(24)16-9-5-4-6-10-16/h16-17,22H,4-13H2,1-3H3. The second kappa shape index (κ2) is 8.28. The zero-order valence-electron chi connectivity index (χ0n) is 16.4. The molecule has 1 N–H and O–H groups in total. The molecule has 0 atom stereocenters. The average Bonchev–Trinajstić information content (AvgIpc) is 3.28. The second-order valence-electron chi connectivity index (χ2n) is 7.96. The minimum atomic E-state index is -0.345. The topological polar surface area (TPSA) is 62.4 Å². The van der Waals surface area contributed by atoms with Crippen LogP contribution in [0.1, 0.15) is 85.1 Å². The number of amides is 1. The molecule has 0 bridgehead atoms.